The number of ether oxygens (including phenoxy) is 2. The molecule has 0 bridgehead atoms. The number of benzene rings is 1. The Morgan fingerprint density at radius 2 is 2.07 bits per heavy atom. The fourth-order valence-corrected chi connectivity index (χ4v) is 4.02. The summed E-state index contributed by atoms with van der Waals surface area (Å²) in [6.45, 7) is 2.28. The topological polar surface area (TPSA) is 108 Å². The lowest BCUT2D eigenvalue weighted by Gasteiger charge is -2.40. The van der Waals surface area contributed by atoms with Gasteiger partial charge in [-0.25, -0.2) is 0 Å². The Kier molecular flexibility index (Phi) is 6.89. The lowest BCUT2D eigenvalue weighted by molar-refractivity contribution is -0.137. The molecule has 1 aromatic rings. The van der Waals surface area contributed by atoms with E-state index < -0.39 is 24.2 Å². The fourth-order valence-electron chi connectivity index (χ4n) is 4.02. The molecule has 0 radical (unpaired) electrons. The molecular weight excluding hydrogens is 376 g/mol. The fraction of sp³-hybridized carbons (Fsp3) is 0.524. The van der Waals surface area contributed by atoms with Crippen LogP contribution in [-0.2, 0) is 14.3 Å². The number of amides is 2. The Balaban J connectivity index is 2.02. The van der Waals surface area contributed by atoms with E-state index in [-0.39, 0.29) is 37.9 Å². The van der Waals surface area contributed by atoms with Crippen LogP contribution in [0.1, 0.15) is 24.8 Å². The first-order chi connectivity index (χ1) is 14.0. The van der Waals surface area contributed by atoms with Gasteiger partial charge in [0.15, 0.2) is 0 Å². The Hall–Kier alpha value is -2.42. The summed E-state index contributed by atoms with van der Waals surface area (Å²) in [5.74, 6) is -0.321. The van der Waals surface area contributed by atoms with Crippen LogP contribution in [0.15, 0.2) is 35.9 Å². The first-order valence-electron chi connectivity index (χ1n) is 9.86. The monoisotopic (exact) mass is 404 g/mol. The summed E-state index contributed by atoms with van der Waals surface area (Å²) in [4.78, 5) is 27.0. The average molecular weight is 404 g/mol. The van der Waals surface area contributed by atoms with E-state index in [1.54, 1.807) is 26.2 Å². The third-order valence-corrected chi connectivity index (χ3v) is 5.40. The van der Waals surface area contributed by atoms with E-state index in [1.165, 1.54) is 4.90 Å². The van der Waals surface area contributed by atoms with Gasteiger partial charge in [0.25, 0.3) is 0 Å². The molecule has 3 N–H and O–H groups in total. The first-order valence-corrected chi connectivity index (χ1v) is 9.86. The molecule has 8 heteroatoms. The van der Waals surface area contributed by atoms with Gasteiger partial charge in [-0.05, 0) is 12.1 Å². The second-order valence-corrected chi connectivity index (χ2v) is 7.11. The number of aliphatic hydroxyl groups is 2. The Morgan fingerprint density at radius 1 is 1.31 bits per heavy atom. The van der Waals surface area contributed by atoms with Crippen molar-refractivity contribution in [2.24, 2.45) is 0 Å². The predicted octanol–water partition coefficient (Wildman–Crippen LogP) is 0.194. The minimum atomic E-state index is -1.01. The summed E-state index contributed by atoms with van der Waals surface area (Å²) in [5.41, 5.74) is 1.25. The summed E-state index contributed by atoms with van der Waals surface area (Å²) in [6, 6.07) is 6.65. The van der Waals surface area contributed by atoms with Crippen molar-refractivity contribution in [1.82, 2.24) is 10.2 Å². The van der Waals surface area contributed by atoms with Crippen molar-refractivity contribution in [2.45, 2.75) is 37.5 Å². The molecule has 3 rings (SSSR count). The molecule has 4 atom stereocenters. The number of para-hydroxylation sites is 1. The molecule has 29 heavy (non-hydrogen) atoms. The minimum Gasteiger partial charge on any atom is -0.486 e. The number of aliphatic hydroxyl groups excluding tert-OH is 2. The number of hydrogen-bond acceptors (Lipinski definition) is 6. The van der Waals surface area contributed by atoms with Gasteiger partial charge in [0.05, 0.1) is 25.2 Å². The van der Waals surface area contributed by atoms with E-state index in [0.717, 1.165) is 5.56 Å². The Bertz CT molecular complexity index is 780. The van der Waals surface area contributed by atoms with Gasteiger partial charge in [-0.1, -0.05) is 25.1 Å². The van der Waals surface area contributed by atoms with Gasteiger partial charge in [-0.2, -0.15) is 0 Å². The second kappa shape index (κ2) is 9.39. The quantitative estimate of drug-likeness (QED) is 0.571. The summed E-state index contributed by atoms with van der Waals surface area (Å²) in [6.07, 6.45) is 0.232. The number of hydrogen-bond donors (Lipinski definition) is 3. The van der Waals surface area contributed by atoms with E-state index in [0.29, 0.717) is 17.9 Å². The van der Waals surface area contributed by atoms with Crippen molar-refractivity contribution < 1.29 is 29.3 Å². The van der Waals surface area contributed by atoms with E-state index in [2.05, 4.69) is 5.32 Å². The van der Waals surface area contributed by atoms with Gasteiger partial charge in [0, 0.05) is 37.8 Å². The third kappa shape index (κ3) is 4.14. The SMILES string of the molecule is CCC(=O)N(CCOC)[C@@H]1C=C(C(=O)NCCO)[C@@H]2c3ccccc3O[C@@H]2[C@H]1O. The van der Waals surface area contributed by atoms with Gasteiger partial charge in [-0.3, -0.25) is 9.59 Å². The number of methoxy groups -OCH3 is 1. The van der Waals surface area contributed by atoms with Gasteiger partial charge in [0.2, 0.25) is 11.8 Å². The molecule has 0 fully saturated rings. The highest BCUT2D eigenvalue weighted by Gasteiger charge is 2.50. The number of nitrogens with zero attached hydrogens (tertiary/aromatic N) is 1. The highest BCUT2D eigenvalue weighted by Crippen LogP contribution is 2.47. The average Bonchev–Trinajstić information content (AvgIpc) is 3.13. The summed E-state index contributed by atoms with van der Waals surface area (Å²) in [7, 11) is 1.54. The zero-order valence-electron chi connectivity index (χ0n) is 16.7. The molecule has 0 unspecified atom stereocenters. The van der Waals surface area contributed by atoms with Gasteiger partial charge in [-0.15, -0.1) is 0 Å². The van der Waals surface area contributed by atoms with Crippen molar-refractivity contribution in [2.75, 3.05) is 33.4 Å². The molecule has 2 aliphatic rings. The van der Waals surface area contributed by atoms with Crippen molar-refractivity contribution in [1.29, 1.82) is 0 Å². The Morgan fingerprint density at radius 3 is 2.76 bits per heavy atom. The zero-order chi connectivity index (χ0) is 21.0. The number of carbonyl (C=O) groups is 2. The van der Waals surface area contributed by atoms with Gasteiger partial charge >= 0.3 is 0 Å². The number of rotatable bonds is 8. The summed E-state index contributed by atoms with van der Waals surface area (Å²) >= 11 is 0. The Labute approximate surface area is 170 Å². The minimum absolute atomic E-state index is 0.116. The van der Waals surface area contributed by atoms with Crippen LogP contribution in [0.4, 0.5) is 0 Å². The highest BCUT2D eigenvalue weighted by atomic mass is 16.5. The number of fused-ring (bicyclic) bond motifs is 3. The van der Waals surface area contributed by atoms with Crippen LogP contribution in [0, 0.1) is 0 Å². The molecule has 1 aliphatic carbocycles. The molecular formula is C21H28N2O6. The summed E-state index contributed by atoms with van der Waals surface area (Å²) in [5, 5.41) is 22.9. The third-order valence-electron chi connectivity index (χ3n) is 5.40. The molecule has 0 aromatic heterocycles. The first kappa shape index (κ1) is 21.3. The second-order valence-electron chi connectivity index (χ2n) is 7.11. The maximum Gasteiger partial charge on any atom is 0.247 e. The van der Waals surface area contributed by atoms with E-state index in [4.69, 9.17) is 14.6 Å². The molecule has 8 nitrogen and oxygen atoms in total. The zero-order valence-corrected chi connectivity index (χ0v) is 16.7. The smallest absolute Gasteiger partial charge is 0.247 e. The lowest BCUT2D eigenvalue weighted by atomic mass is 9.77. The van der Waals surface area contributed by atoms with Crippen molar-refractivity contribution in [3.05, 3.63) is 41.5 Å². The van der Waals surface area contributed by atoms with Crippen molar-refractivity contribution in [3.8, 4) is 5.75 Å². The molecule has 1 aliphatic heterocycles. The lowest BCUT2D eigenvalue weighted by Crippen LogP contribution is -2.56. The van der Waals surface area contributed by atoms with Gasteiger partial charge in [0.1, 0.15) is 18.0 Å². The number of carbonyl (C=O) groups excluding carboxylic acids is 2. The molecule has 0 saturated carbocycles. The van der Waals surface area contributed by atoms with E-state index >= 15 is 0 Å². The molecule has 1 aromatic carbocycles. The van der Waals surface area contributed by atoms with Crippen LogP contribution in [0.25, 0.3) is 0 Å². The maximum absolute atomic E-state index is 12.9. The molecule has 2 amide bonds. The molecule has 158 valence electrons. The van der Waals surface area contributed by atoms with Crippen LogP contribution >= 0.6 is 0 Å². The highest BCUT2D eigenvalue weighted by molar-refractivity contribution is 5.96. The van der Waals surface area contributed by atoms with Crippen LogP contribution in [0.2, 0.25) is 0 Å². The van der Waals surface area contributed by atoms with Crippen LogP contribution in [0.5, 0.6) is 5.75 Å². The van der Waals surface area contributed by atoms with Gasteiger partial charge < -0.3 is 29.9 Å². The predicted molar refractivity (Wildman–Crippen MR) is 105 cm³/mol. The summed E-state index contributed by atoms with van der Waals surface area (Å²) < 4.78 is 11.1. The van der Waals surface area contributed by atoms with E-state index in [1.807, 2.05) is 18.2 Å². The standard InChI is InChI=1S/C21H28N2O6/c1-3-17(25)23(9-11-28-2)15-12-14(21(27)22-8-10-24)18-13-6-4-5-7-16(13)29-20(18)19(15)26/h4-7,12,15,18-20,24,26H,3,8-11H2,1-2H3,(H,22,27)/t15-,18+,19+,20+/m1/s1. The molecule has 0 saturated heterocycles. The maximum atomic E-state index is 12.9. The van der Waals surface area contributed by atoms with Crippen LogP contribution < -0.4 is 10.1 Å². The molecule has 1 heterocycles. The largest absolute Gasteiger partial charge is 0.486 e. The molecule has 0 spiro atoms. The van der Waals surface area contributed by atoms with Crippen LogP contribution in [-0.4, -0.2) is 78.6 Å². The van der Waals surface area contributed by atoms with Crippen molar-refractivity contribution >= 4 is 11.8 Å². The van der Waals surface area contributed by atoms with Crippen molar-refractivity contribution in [3.63, 3.8) is 0 Å². The normalized spacial score (nSPS) is 24.8. The van der Waals surface area contributed by atoms with Crippen LogP contribution in [0.3, 0.4) is 0 Å². The van der Waals surface area contributed by atoms with E-state index in [9.17, 15) is 14.7 Å². The number of nitrogens with one attached hydrogen (secondary N) is 1.